The first-order chi connectivity index (χ1) is 7.70. The normalized spacial score (nSPS) is 11.7. The molecule has 0 atom stereocenters. The summed E-state index contributed by atoms with van der Waals surface area (Å²) in [6.07, 6.45) is -0.377. The fourth-order valence-electron chi connectivity index (χ4n) is 1.12. The van der Waals surface area contributed by atoms with Crippen molar-refractivity contribution in [2.75, 3.05) is 11.9 Å². The Morgan fingerprint density at radius 1 is 1.47 bits per heavy atom. The molecule has 0 aliphatic rings. The maximum atomic E-state index is 11.8. The molecule has 0 spiro atoms. The van der Waals surface area contributed by atoms with Crippen LogP contribution < -0.4 is 4.90 Å². The minimum absolute atomic E-state index is 0.376. The Bertz CT molecular complexity index is 393. The molecular formula is C12H20N2O2S. The molecule has 17 heavy (non-hydrogen) atoms. The minimum Gasteiger partial charge on any atom is -0.443 e. The molecule has 0 unspecified atom stereocenters. The fraction of sp³-hybridized carbons (Fsp3) is 0.667. The van der Waals surface area contributed by atoms with Gasteiger partial charge in [-0.15, -0.1) is 11.3 Å². The number of hydrogen-bond donors (Lipinski definition) is 0. The van der Waals surface area contributed by atoms with E-state index in [4.69, 9.17) is 4.74 Å². The highest BCUT2D eigenvalue weighted by Gasteiger charge is 2.22. The van der Waals surface area contributed by atoms with E-state index in [1.54, 1.807) is 18.4 Å². The van der Waals surface area contributed by atoms with E-state index in [0.717, 1.165) is 5.01 Å². The lowest BCUT2D eigenvalue weighted by molar-refractivity contribution is 0.0588. The summed E-state index contributed by atoms with van der Waals surface area (Å²) < 4.78 is 5.28. The predicted octanol–water partition coefficient (Wildman–Crippen LogP) is 3.64. The molecule has 0 fully saturated rings. The topological polar surface area (TPSA) is 42.4 Å². The van der Waals surface area contributed by atoms with E-state index >= 15 is 0 Å². The number of anilines is 1. The number of carbonyl (C=O) groups is 1. The van der Waals surface area contributed by atoms with Crippen molar-refractivity contribution in [3.8, 4) is 0 Å². The van der Waals surface area contributed by atoms with Gasteiger partial charge < -0.3 is 4.74 Å². The monoisotopic (exact) mass is 256 g/mol. The number of hydrogen-bond acceptors (Lipinski definition) is 4. The van der Waals surface area contributed by atoms with E-state index in [9.17, 15) is 4.79 Å². The standard InChI is InChI=1S/C12H20N2O2S/c1-8(2)10-13-9(7-17-10)14(6)11(15)16-12(3,4)5/h7-8H,1-6H3. The van der Waals surface area contributed by atoms with Gasteiger partial charge in [-0.05, 0) is 20.8 Å². The molecule has 0 aromatic carbocycles. The third-order valence-electron chi connectivity index (χ3n) is 2.01. The lowest BCUT2D eigenvalue weighted by atomic mass is 10.2. The average molecular weight is 256 g/mol. The van der Waals surface area contributed by atoms with Crippen LogP contribution in [0.3, 0.4) is 0 Å². The van der Waals surface area contributed by atoms with Crippen LogP contribution in [0.15, 0.2) is 5.38 Å². The van der Waals surface area contributed by atoms with Crippen LogP contribution in [0.4, 0.5) is 10.6 Å². The van der Waals surface area contributed by atoms with Gasteiger partial charge in [0, 0.05) is 18.3 Å². The molecule has 1 heterocycles. The number of thiazole rings is 1. The molecule has 4 nitrogen and oxygen atoms in total. The molecule has 1 aromatic heterocycles. The summed E-state index contributed by atoms with van der Waals surface area (Å²) in [6.45, 7) is 9.70. The third-order valence-corrected chi connectivity index (χ3v) is 3.15. The van der Waals surface area contributed by atoms with Crippen molar-refractivity contribution in [1.29, 1.82) is 0 Å². The van der Waals surface area contributed by atoms with Gasteiger partial charge in [-0.25, -0.2) is 9.78 Å². The second kappa shape index (κ2) is 5.04. The summed E-state index contributed by atoms with van der Waals surface area (Å²) in [7, 11) is 1.67. The smallest absolute Gasteiger partial charge is 0.415 e. The average Bonchev–Trinajstić information content (AvgIpc) is 2.62. The van der Waals surface area contributed by atoms with E-state index in [0.29, 0.717) is 11.7 Å². The van der Waals surface area contributed by atoms with Gasteiger partial charge in [0.15, 0.2) is 0 Å². The molecule has 0 saturated carbocycles. The number of nitrogens with zero attached hydrogens (tertiary/aromatic N) is 2. The largest absolute Gasteiger partial charge is 0.443 e. The van der Waals surface area contributed by atoms with Gasteiger partial charge in [-0.2, -0.15) is 0 Å². The molecule has 1 aromatic rings. The fourth-order valence-corrected chi connectivity index (χ4v) is 1.98. The van der Waals surface area contributed by atoms with Gasteiger partial charge in [0.2, 0.25) is 0 Å². The Morgan fingerprint density at radius 3 is 2.47 bits per heavy atom. The van der Waals surface area contributed by atoms with Crippen molar-refractivity contribution in [3.05, 3.63) is 10.4 Å². The summed E-state index contributed by atoms with van der Waals surface area (Å²) in [4.78, 5) is 17.6. The zero-order chi connectivity index (χ0) is 13.2. The second-order valence-corrected chi connectivity index (χ2v) is 6.13. The molecule has 0 saturated heterocycles. The van der Waals surface area contributed by atoms with E-state index in [2.05, 4.69) is 18.8 Å². The third kappa shape index (κ3) is 4.00. The van der Waals surface area contributed by atoms with Crippen molar-refractivity contribution in [2.45, 2.75) is 46.1 Å². The van der Waals surface area contributed by atoms with Crippen LogP contribution >= 0.6 is 11.3 Å². The van der Waals surface area contributed by atoms with Crippen molar-refractivity contribution >= 4 is 23.2 Å². The van der Waals surface area contributed by atoms with E-state index < -0.39 is 5.60 Å². The first-order valence-electron chi connectivity index (χ1n) is 5.63. The Labute approximate surface area is 107 Å². The van der Waals surface area contributed by atoms with Gasteiger partial charge in [0.05, 0.1) is 5.01 Å². The molecule has 1 amide bonds. The molecule has 96 valence electrons. The molecule has 0 bridgehead atoms. The summed E-state index contributed by atoms with van der Waals surface area (Å²) in [5.74, 6) is 1.02. The highest BCUT2D eigenvalue weighted by molar-refractivity contribution is 7.10. The second-order valence-electron chi connectivity index (χ2n) is 5.24. The predicted molar refractivity (Wildman–Crippen MR) is 70.8 cm³/mol. The summed E-state index contributed by atoms with van der Waals surface area (Å²) in [5, 5.41) is 2.90. The van der Waals surface area contributed by atoms with Crippen LogP contribution in [0.5, 0.6) is 0 Å². The van der Waals surface area contributed by atoms with Gasteiger partial charge in [0.1, 0.15) is 11.4 Å². The molecule has 0 aliphatic heterocycles. The van der Waals surface area contributed by atoms with Crippen LogP contribution in [-0.4, -0.2) is 23.7 Å². The summed E-state index contributed by atoms with van der Waals surface area (Å²) >= 11 is 1.56. The lowest BCUT2D eigenvalue weighted by Gasteiger charge is -2.23. The number of aromatic nitrogens is 1. The van der Waals surface area contributed by atoms with Crippen molar-refractivity contribution < 1.29 is 9.53 Å². The SMILES string of the molecule is CC(C)c1nc(N(C)C(=O)OC(C)(C)C)cs1. The molecule has 0 aliphatic carbocycles. The molecule has 0 N–H and O–H groups in total. The van der Waals surface area contributed by atoms with Crippen molar-refractivity contribution in [2.24, 2.45) is 0 Å². The molecular weight excluding hydrogens is 236 g/mol. The van der Waals surface area contributed by atoms with Gasteiger partial charge in [-0.1, -0.05) is 13.8 Å². The Balaban J connectivity index is 2.75. The lowest BCUT2D eigenvalue weighted by Crippen LogP contribution is -2.34. The van der Waals surface area contributed by atoms with Crippen LogP contribution in [0, 0.1) is 0 Å². The quantitative estimate of drug-likeness (QED) is 0.811. The van der Waals surface area contributed by atoms with Crippen LogP contribution in [0.1, 0.15) is 45.5 Å². The molecule has 5 heteroatoms. The maximum absolute atomic E-state index is 11.8. The zero-order valence-corrected chi connectivity index (χ0v) is 12.1. The first-order valence-corrected chi connectivity index (χ1v) is 6.51. The highest BCUT2D eigenvalue weighted by Crippen LogP contribution is 2.24. The van der Waals surface area contributed by atoms with E-state index in [-0.39, 0.29) is 6.09 Å². The zero-order valence-electron chi connectivity index (χ0n) is 11.3. The number of ether oxygens (including phenoxy) is 1. The highest BCUT2D eigenvalue weighted by atomic mass is 32.1. The summed E-state index contributed by atoms with van der Waals surface area (Å²) in [5.41, 5.74) is -0.484. The Hall–Kier alpha value is -1.10. The van der Waals surface area contributed by atoms with E-state index in [1.165, 1.54) is 4.90 Å². The van der Waals surface area contributed by atoms with Crippen LogP contribution in [0.25, 0.3) is 0 Å². The van der Waals surface area contributed by atoms with Crippen LogP contribution in [-0.2, 0) is 4.74 Å². The first kappa shape index (κ1) is 14.0. The Kier molecular flexibility index (Phi) is 4.14. The van der Waals surface area contributed by atoms with E-state index in [1.807, 2.05) is 26.2 Å². The molecule has 1 rings (SSSR count). The summed E-state index contributed by atoms with van der Waals surface area (Å²) in [6, 6.07) is 0. The van der Waals surface area contributed by atoms with Gasteiger partial charge >= 0.3 is 6.09 Å². The number of amides is 1. The van der Waals surface area contributed by atoms with Gasteiger partial charge in [-0.3, -0.25) is 4.90 Å². The Morgan fingerprint density at radius 2 is 2.06 bits per heavy atom. The number of rotatable bonds is 2. The van der Waals surface area contributed by atoms with Crippen LogP contribution in [0.2, 0.25) is 0 Å². The minimum atomic E-state index is -0.484. The van der Waals surface area contributed by atoms with Gasteiger partial charge in [0.25, 0.3) is 0 Å². The maximum Gasteiger partial charge on any atom is 0.415 e. The molecule has 0 radical (unpaired) electrons. The van der Waals surface area contributed by atoms with Crippen molar-refractivity contribution in [3.63, 3.8) is 0 Å². The van der Waals surface area contributed by atoms with Crippen molar-refractivity contribution in [1.82, 2.24) is 4.98 Å². The number of carbonyl (C=O) groups excluding carboxylic acids is 1.